The van der Waals surface area contributed by atoms with E-state index in [1.165, 1.54) is 0 Å². The van der Waals surface area contributed by atoms with Crippen LogP contribution in [-0.2, 0) is 22.7 Å². The number of fused-ring (bicyclic) bond motifs is 2. The lowest BCUT2D eigenvalue weighted by atomic mass is 9.84. The fraction of sp³-hybridized carbons (Fsp3) is 0.391. The van der Waals surface area contributed by atoms with E-state index in [2.05, 4.69) is 20.8 Å². The molecule has 0 spiro atoms. The van der Waals surface area contributed by atoms with Crippen LogP contribution in [-0.4, -0.2) is 32.2 Å². The topological polar surface area (TPSA) is 81.9 Å². The van der Waals surface area contributed by atoms with Gasteiger partial charge in [-0.15, -0.1) is 5.10 Å². The summed E-state index contributed by atoms with van der Waals surface area (Å²) in [6.07, 6.45) is 3.36. The Hall–Kier alpha value is -3.06. The van der Waals surface area contributed by atoms with Crippen LogP contribution < -0.4 is 5.32 Å². The zero-order valence-electron chi connectivity index (χ0n) is 16.7. The lowest BCUT2D eigenvalue weighted by Crippen LogP contribution is -2.44. The maximum atomic E-state index is 13.0. The molecule has 4 atom stereocenters. The monoisotopic (exact) mass is 403 g/mol. The summed E-state index contributed by atoms with van der Waals surface area (Å²) in [6.45, 7) is 0.838. The van der Waals surface area contributed by atoms with Gasteiger partial charge >= 0.3 is 5.97 Å². The minimum Gasteiger partial charge on any atom is -0.461 e. The number of nitrogens with one attached hydrogen (secondary N) is 1. The summed E-state index contributed by atoms with van der Waals surface area (Å²) in [6, 6.07) is 19.8. The number of carbonyl (C=O) groups is 1. The SMILES string of the molecule is O=C(OCc1ccccc1)[C@@H]1[C@H]2CC[C@@H](C2)[C@H]1NCc1nnnn1-c1ccccc1. The summed E-state index contributed by atoms with van der Waals surface area (Å²) in [4.78, 5) is 13.0. The number of rotatable bonds is 7. The van der Waals surface area contributed by atoms with Crippen LogP contribution in [0.1, 0.15) is 30.7 Å². The second kappa shape index (κ2) is 8.36. The maximum Gasteiger partial charge on any atom is 0.311 e. The number of hydrogen-bond acceptors (Lipinski definition) is 6. The van der Waals surface area contributed by atoms with E-state index < -0.39 is 0 Å². The van der Waals surface area contributed by atoms with Crippen molar-refractivity contribution >= 4 is 5.97 Å². The van der Waals surface area contributed by atoms with E-state index in [4.69, 9.17) is 4.74 Å². The van der Waals surface area contributed by atoms with Crippen LogP contribution in [0.2, 0.25) is 0 Å². The predicted molar refractivity (Wildman–Crippen MR) is 110 cm³/mol. The van der Waals surface area contributed by atoms with Gasteiger partial charge in [-0.1, -0.05) is 48.5 Å². The molecule has 0 radical (unpaired) electrons. The Morgan fingerprint density at radius 1 is 1.03 bits per heavy atom. The molecule has 2 fully saturated rings. The first-order valence-corrected chi connectivity index (χ1v) is 10.6. The molecule has 2 saturated carbocycles. The molecule has 2 aliphatic rings. The van der Waals surface area contributed by atoms with Gasteiger partial charge in [-0.3, -0.25) is 4.79 Å². The Bertz CT molecular complexity index is 991. The van der Waals surface area contributed by atoms with Gasteiger partial charge in [0.05, 0.1) is 18.2 Å². The molecule has 0 aliphatic heterocycles. The number of aromatic nitrogens is 4. The minimum absolute atomic E-state index is 0.0915. The molecule has 7 heteroatoms. The number of carbonyl (C=O) groups excluding carboxylic acids is 1. The Kier molecular flexibility index (Phi) is 5.27. The molecular formula is C23H25N5O2. The first kappa shape index (κ1) is 18.9. The molecule has 2 aromatic carbocycles. The van der Waals surface area contributed by atoms with Gasteiger partial charge in [-0.05, 0) is 59.2 Å². The Balaban J connectivity index is 1.26. The molecule has 0 saturated heterocycles. The van der Waals surface area contributed by atoms with E-state index in [1.54, 1.807) is 4.68 Å². The van der Waals surface area contributed by atoms with Crippen LogP contribution in [0, 0.1) is 17.8 Å². The third-order valence-electron chi connectivity index (χ3n) is 6.44. The van der Waals surface area contributed by atoms with Gasteiger partial charge in [0.15, 0.2) is 5.82 Å². The van der Waals surface area contributed by atoms with Crippen molar-refractivity contribution in [1.82, 2.24) is 25.5 Å². The largest absolute Gasteiger partial charge is 0.461 e. The third-order valence-corrected chi connectivity index (χ3v) is 6.44. The van der Waals surface area contributed by atoms with Crippen molar-refractivity contribution in [1.29, 1.82) is 0 Å². The van der Waals surface area contributed by atoms with Crippen molar-refractivity contribution in [2.75, 3.05) is 0 Å². The summed E-state index contributed by atoms with van der Waals surface area (Å²) < 4.78 is 7.44. The van der Waals surface area contributed by atoms with Crippen LogP contribution in [0.3, 0.4) is 0 Å². The summed E-state index contributed by atoms with van der Waals surface area (Å²) >= 11 is 0. The van der Waals surface area contributed by atoms with Gasteiger partial charge in [0.2, 0.25) is 0 Å². The van der Waals surface area contributed by atoms with Gasteiger partial charge in [-0.25, -0.2) is 0 Å². The molecule has 7 nitrogen and oxygen atoms in total. The highest BCUT2D eigenvalue weighted by Gasteiger charge is 2.51. The third kappa shape index (κ3) is 3.73. The highest BCUT2D eigenvalue weighted by atomic mass is 16.5. The van der Waals surface area contributed by atoms with Crippen molar-refractivity contribution in [3.8, 4) is 5.69 Å². The van der Waals surface area contributed by atoms with E-state index in [1.807, 2.05) is 60.7 Å². The van der Waals surface area contributed by atoms with Crippen LogP contribution in [0.25, 0.3) is 5.69 Å². The average Bonchev–Trinajstić information content (AvgIpc) is 3.53. The van der Waals surface area contributed by atoms with Gasteiger partial charge in [0, 0.05) is 6.04 Å². The molecule has 3 aromatic rings. The predicted octanol–water partition coefficient (Wildman–Crippen LogP) is 2.91. The molecule has 1 N–H and O–H groups in total. The molecule has 154 valence electrons. The van der Waals surface area contributed by atoms with E-state index in [-0.39, 0.29) is 17.9 Å². The Labute approximate surface area is 175 Å². The molecule has 0 amide bonds. The number of para-hydroxylation sites is 1. The maximum absolute atomic E-state index is 13.0. The molecule has 0 unspecified atom stereocenters. The van der Waals surface area contributed by atoms with Gasteiger partial charge < -0.3 is 10.1 Å². The second-order valence-electron chi connectivity index (χ2n) is 8.20. The number of ether oxygens (including phenoxy) is 1. The number of tetrazole rings is 1. The van der Waals surface area contributed by atoms with E-state index in [0.29, 0.717) is 25.0 Å². The molecule has 2 aliphatic carbocycles. The van der Waals surface area contributed by atoms with Crippen LogP contribution in [0.15, 0.2) is 60.7 Å². The number of benzene rings is 2. The van der Waals surface area contributed by atoms with Gasteiger partial charge in [-0.2, -0.15) is 4.68 Å². The quantitative estimate of drug-likeness (QED) is 0.611. The van der Waals surface area contributed by atoms with Gasteiger partial charge in [0.1, 0.15) is 6.61 Å². The molecule has 5 rings (SSSR count). The lowest BCUT2D eigenvalue weighted by molar-refractivity contribution is -0.152. The fourth-order valence-electron chi connectivity index (χ4n) is 5.04. The standard InChI is InChI=1S/C23H25N5O2/c29-23(30-15-16-7-3-1-4-8-16)21-17-11-12-18(13-17)22(21)24-14-20-25-26-27-28(20)19-9-5-2-6-10-19/h1-10,17-18,21-22,24H,11-15H2/t17-,18-,21+,22+/m0/s1. The second-order valence-corrected chi connectivity index (χ2v) is 8.20. The number of nitrogens with zero attached hydrogens (tertiary/aromatic N) is 4. The normalized spacial score (nSPS) is 24.8. The van der Waals surface area contributed by atoms with Gasteiger partial charge in [0.25, 0.3) is 0 Å². The molecule has 1 aromatic heterocycles. The van der Waals surface area contributed by atoms with E-state index >= 15 is 0 Å². The highest BCUT2D eigenvalue weighted by Crippen LogP contribution is 2.49. The Morgan fingerprint density at radius 3 is 2.57 bits per heavy atom. The first-order valence-electron chi connectivity index (χ1n) is 10.6. The van der Waals surface area contributed by atoms with Crippen molar-refractivity contribution in [2.24, 2.45) is 17.8 Å². The zero-order chi connectivity index (χ0) is 20.3. The van der Waals surface area contributed by atoms with E-state index in [0.717, 1.165) is 36.3 Å². The summed E-state index contributed by atoms with van der Waals surface area (Å²) in [5.74, 6) is 1.45. The average molecular weight is 403 g/mol. The smallest absolute Gasteiger partial charge is 0.311 e. The number of hydrogen-bond donors (Lipinski definition) is 1. The Morgan fingerprint density at radius 2 is 1.77 bits per heavy atom. The highest BCUT2D eigenvalue weighted by molar-refractivity contribution is 5.74. The van der Waals surface area contributed by atoms with Crippen molar-refractivity contribution < 1.29 is 9.53 Å². The molecule has 2 bridgehead atoms. The molecular weight excluding hydrogens is 378 g/mol. The summed E-state index contributed by atoms with van der Waals surface area (Å²) in [5.41, 5.74) is 1.94. The zero-order valence-corrected chi connectivity index (χ0v) is 16.7. The van der Waals surface area contributed by atoms with Crippen molar-refractivity contribution in [2.45, 2.75) is 38.5 Å². The summed E-state index contributed by atoms with van der Waals surface area (Å²) in [5, 5.41) is 15.7. The first-order chi connectivity index (χ1) is 14.8. The van der Waals surface area contributed by atoms with Crippen LogP contribution in [0.5, 0.6) is 0 Å². The van der Waals surface area contributed by atoms with Crippen LogP contribution in [0.4, 0.5) is 0 Å². The minimum atomic E-state index is -0.103. The van der Waals surface area contributed by atoms with Crippen molar-refractivity contribution in [3.05, 3.63) is 72.1 Å². The number of esters is 1. The fourth-order valence-corrected chi connectivity index (χ4v) is 5.04. The van der Waals surface area contributed by atoms with Crippen LogP contribution >= 0.6 is 0 Å². The molecule has 30 heavy (non-hydrogen) atoms. The summed E-state index contributed by atoms with van der Waals surface area (Å²) in [7, 11) is 0. The van der Waals surface area contributed by atoms with E-state index in [9.17, 15) is 4.79 Å². The molecule has 1 heterocycles. The van der Waals surface area contributed by atoms with Crippen molar-refractivity contribution in [3.63, 3.8) is 0 Å². The lowest BCUT2D eigenvalue weighted by Gasteiger charge is -2.30.